The number of nitrogens with zero attached hydrogens (tertiary/aromatic N) is 1. The van der Waals surface area contributed by atoms with Crippen molar-refractivity contribution in [1.29, 1.82) is 0 Å². The van der Waals surface area contributed by atoms with Gasteiger partial charge < -0.3 is 10.1 Å². The molecule has 2 aromatic rings. The number of fused-ring (bicyclic) bond motifs is 1. The second-order valence-electron chi connectivity index (χ2n) is 4.47. The first-order chi connectivity index (χ1) is 8.43. The molecule has 0 radical (unpaired) electrons. The van der Waals surface area contributed by atoms with Crippen molar-refractivity contribution in [2.45, 2.75) is 12.8 Å². The van der Waals surface area contributed by atoms with E-state index >= 15 is 0 Å². The van der Waals surface area contributed by atoms with Gasteiger partial charge in [-0.2, -0.15) is 4.37 Å². The average molecular weight is 248 g/mol. The smallest absolute Gasteiger partial charge is 0.117 e. The average Bonchev–Trinajstić information content (AvgIpc) is 3.09. The van der Waals surface area contributed by atoms with Gasteiger partial charge in [-0.25, -0.2) is 0 Å². The number of ether oxygens (including phenoxy) is 1. The standard InChI is InChI=1S/C13H16N2OS/c1-2-4-12-11(3-1)13(17-15-12)14-7-8-16-9-10-5-6-10/h1-4,10,14H,5-9H2. The van der Waals surface area contributed by atoms with E-state index in [1.807, 2.05) is 18.2 Å². The molecule has 1 aliphatic rings. The van der Waals surface area contributed by atoms with Crippen molar-refractivity contribution in [3.8, 4) is 0 Å². The molecule has 1 aromatic carbocycles. The monoisotopic (exact) mass is 248 g/mol. The van der Waals surface area contributed by atoms with Crippen LogP contribution in [0, 0.1) is 5.92 Å². The molecule has 0 unspecified atom stereocenters. The van der Waals surface area contributed by atoms with E-state index in [1.54, 1.807) is 0 Å². The Bertz CT molecular complexity index is 493. The molecule has 4 heteroatoms. The topological polar surface area (TPSA) is 34.1 Å². The zero-order valence-electron chi connectivity index (χ0n) is 9.69. The lowest BCUT2D eigenvalue weighted by atomic mass is 10.2. The normalized spacial score (nSPS) is 15.3. The number of nitrogens with one attached hydrogen (secondary N) is 1. The second kappa shape index (κ2) is 5.02. The molecule has 0 atom stereocenters. The minimum Gasteiger partial charge on any atom is -0.379 e. The number of anilines is 1. The molecule has 17 heavy (non-hydrogen) atoms. The summed E-state index contributed by atoms with van der Waals surface area (Å²) in [4.78, 5) is 0. The molecule has 1 aromatic heterocycles. The molecular weight excluding hydrogens is 232 g/mol. The Morgan fingerprint density at radius 3 is 3.12 bits per heavy atom. The Kier molecular flexibility index (Phi) is 3.25. The van der Waals surface area contributed by atoms with Crippen LogP contribution in [0.5, 0.6) is 0 Å². The van der Waals surface area contributed by atoms with Crippen molar-refractivity contribution in [1.82, 2.24) is 4.37 Å². The molecule has 90 valence electrons. The molecule has 0 spiro atoms. The van der Waals surface area contributed by atoms with Crippen molar-refractivity contribution in [3.05, 3.63) is 24.3 Å². The zero-order chi connectivity index (χ0) is 11.5. The molecule has 0 saturated heterocycles. The first kappa shape index (κ1) is 11.0. The van der Waals surface area contributed by atoms with Crippen molar-refractivity contribution in [3.63, 3.8) is 0 Å². The highest BCUT2D eigenvalue weighted by molar-refractivity contribution is 7.11. The summed E-state index contributed by atoms with van der Waals surface area (Å²) in [6.07, 6.45) is 2.71. The summed E-state index contributed by atoms with van der Waals surface area (Å²) >= 11 is 1.52. The fraction of sp³-hybridized carbons (Fsp3) is 0.462. The number of hydrogen-bond donors (Lipinski definition) is 1. The predicted molar refractivity (Wildman–Crippen MR) is 71.7 cm³/mol. The summed E-state index contributed by atoms with van der Waals surface area (Å²) in [7, 11) is 0. The van der Waals surface area contributed by atoms with Gasteiger partial charge in [-0.3, -0.25) is 0 Å². The molecular formula is C13H16N2OS. The predicted octanol–water partition coefficient (Wildman–Crippen LogP) is 3.13. The fourth-order valence-corrected chi connectivity index (χ4v) is 2.57. The molecule has 1 aliphatic carbocycles. The van der Waals surface area contributed by atoms with E-state index in [1.165, 1.54) is 29.8 Å². The number of rotatable bonds is 6. The van der Waals surface area contributed by atoms with E-state index in [9.17, 15) is 0 Å². The van der Waals surface area contributed by atoms with E-state index in [0.717, 1.165) is 36.2 Å². The number of benzene rings is 1. The third-order valence-electron chi connectivity index (χ3n) is 2.97. The summed E-state index contributed by atoms with van der Waals surface area (Å²) in [5.74, 6) is 0.847. The Labute approximate surface area is 105 Å². The molecule has 1 heterocycles. The van der Waals surface area contributed by atoms with Gasteiger partial charge in [0.05, 0.1) is 12.1 Å². The van der Waals surface area contributed by atoms with Crippen molar-refractivity contribution in [2.75, 3.05) is 25.1 Å². The molecule has 1 fully saturated rings. The van der Waals surface area contributed by atoms with Gasteiger partial charge in [0.25, 0.3) is 0 Å². The minimum absolute atomic E-state index is 0.780. The summed E-state index contributed by atoms with van der Waals surface area (Å²) < 4.78 is 9.98. The molecule has 1 saturated carbocycles. The Morgan fingerprint density at radius 2 is 2.24 bits per heavy atom. The van der Waals surface area contributed by atoms with E-state index in [4.69, 9.17) is 4.74 Å². The summed E-state index contributed by atoms with van der Waals surface area (Å²) in [5, 5.41) is 5.75. The van der Waals surface area contributed by atoms with Crippen molar-refractivity contribution < 1.29 is 4.74 Å². The maximum atomic E-state index is 5.59. The molecule has 0 aliphatic heterocycles. The van der Waals surface area contributed by atoms with Crippen molar-refractivity contribution in [2.24, 2.45) is 5.92 Å². The molecule has 3 nitrogen and oxygen atoms in total. The lowest BCUT2D eigenvalue weighted by molar-refractivity contribution is 0.134. The molecule has 3 rings (SSSR count). The largest absolute Gasteiger partial charge is 0.379 e. The van der Waals surface area contributed by atoms with Gasteiger partial charge in [0, 0.05) is 18.5 Å². The van der Waals surface area contributed by atoms with Gasteiger partial charge in [0.15, 0.2) is 0 Å². The highest BCUT2D eigenvalue weighted by Gasteiger charge is 2.20. The SMILES string of the molecule is c1ccc2c(NCCOCC3CC3)snc2c1. The lowest BCUT2D eigenvalue weighted by Crippen LogP contribution is -2.09. The van der Waals surface area contributed by atoms with Crippen LogP contribution in [0.1, 0.15) is 12.8 Å². The lowest BCUT2D eigenvalue weighted by Gasteiger charge is -2.04. The molecule has 0 bridgehead atoms. The maximum absolute atomic E-state index is 5.59. The van der Waals surface area contributed by atoms with Gasteiger partial charge >= 0.3 is 0 Å². The molecule has 1 N–H and O–H groups in total. The summed E-state index contributed by atoms with van der Waals surface area (Å²) in [5.41, 5.74) is 1.07. The Balaban J connectivity index is 1.50. The van der Waals surface area contributed by atoms with Crippen LogP contribution < -0.4 is 5.32 Å². The third-order valence-corrected chi connectivity index (χ3v) is 3.80. The number of aromatic nitrogens is 1. The van der Waals surface area contributed by atoms with E-state index in [0.29, 0.717) is 0 Å². The van der Waals surface area contributed by atoms with Crippen LogP contribution in [-0.2, 0) is 4.74 Å². The van der Waals surface area contributed by atoms with E-state index < -0.39 is 0 Å². The summed E-state index contributed by atoms with van der Waals surface area (Å²) in [6, 6.07) is 8.21. The Morgan fingerprint density at radius 1 is 1.35 bits per heavy atom. The van der Waals surface area contributed by atoms with Gasteiger partial charge in [-0.05, 0) is 42.4 Å². The van der Waals surface area contributed by atoms with Gasteiger partial charge in [0.1, 0.15) is 5.00 Å². The van der Waals surface area contributed by atoms with Crippen molar-refractivity contribution >= 4 is 27.4 Å². The van der Waals surface area contributed by atoms with Crippen LogP contribution in [-0.4, -0.2) is 24.1 Å². The van der Waals surface area contributed by atoms with Crippen LogP contribution in [0.2, 0.25) is 0 Å². The van der Waals surface area contributed by atoms with Crippen LogP contribution in [0.3, 0.4) is 0 Å². The quantitative estimate of drug-likeness (QED) is 0.797. The van der Waals surface area contributed by atoms with Crippen LogP contribution in [0.15, 0.2) is 24.3 Å². The van der Waals surface area contributed by atoms with Crippen LogP contribution in [0.25, 0.3) is 10.9 Å². The molecule has 0 amide bonds. The zero-order valence-corrected chi connectivity index (χ0v) is 10.5. The van der Waals surface area contributed by atoms with Gasteiger partial charge in [-0.1, -0.05) is 12.1 Å². The second-order valence-corrected chi connectivity index (χ2v) is 5.25. The van der Waals surface area contributed by atoms with E-state index in [2.05, 4.69) is 15.8 Å². The van der Waals surface area contributed by atoms with E-state index in [-0.39, 0.29) is 0 Å². The number of hydrogen-bond acceptors (Lipinski definition) is 4. The highest BCUT2D eigenvalue weighted by atomic mass is 32.1. The Hall–Kier alpha value is -1.13. The highest BCUT2D eigenvalue weighted by Crippen LogP contribution is 2.29. The van der Waals surface area contributed by atoms with Gasteiger partial charge in [-0.15, -0.1) is 0 Å². The first-order valence-corrected chi connectivity index (χ1v) is 6.87. The van der Waals surface area contributed by atoms with Gasteiger partial charge in [0.2, 0.25) is 0 Å². The maximum Gasteiger partial charge on any atom is 0.117 e. The first-order valence-electron chi connectivity index (χ1n) is 6.09. The fourth-order valence-electron chi connectivity index (χ4n) is 1.79. The summed E-state index contributed by atoms with van der Waals surface area (Å²) in [6.45, 7) is 2.58. The van der Waals surface area contributed by atoms with Crippen LogP contribution >= 0.6 is 11.5 Å². The minimum atomic E-state index is 0.780. The third kappa shape index (κ3) is 2.76. The van der Waals surface area contributed by atoms with Crippen LogP contribution in [0.4, 0.5) is 5.00 Å².